The van der Waals surface area contributed by atoms with Gasteiger partial charge in [0.1, 0.15) is 0 Å². The van der Waals surface area contributed by atoms with E-state index in [4.69, 9.17) is 9.15 Å². The van der Waals surface area contributed by atoms with Gasteiger partial charge in [0, 0.05) is 24.6 Å². The minimum atomic E-state index is -0.271. The number of amides is 1. The average Bonchev–Trinajstić information content (AvgIpc) is 2.96. The van der Waals surface area contributed by atoms with Crippen molar-refractivity contribution in [2.75, 3.05) is 26.8 Å². The van der Waals surface area contributed by atoms with Gasteiger partial charge < -0.3 is 19.2 Å². The second kappa shape index (κ2) is 6.13. The average molecular weight is 279 g/mol. The maximum Gasteiger partial charge on any atom is 0.289 e. The largest absolute Gasteiger partial charge is 0.468 e. The molecule has 1 saturated heterocycles. The Morgan fingerprint density at radius 1 is 1.65 bits per heavy atom. The molecule has 2 rings (SSSR count). The first-order chi connectivity index (χ1) is 9.64. The summed E-state index contributed by atoms with van der Waals surface area (Å²) >= 11 is 0. The number of carbonyl (C=O) groups excluding carboxylic acids is 1. The van der Waals surface area contributed by atoms with Gasteiger partial charge in [-0.2, -0.15) is 0 Å². The summed E-state index contributed by atoms with van der Waals surface area (Å²) < 4.78 is 10.3. The Kier molecular flexibility index (Phi) is 4.49. The van der Waals surface area contributed by atoms with E-state index in [1.54, 1.807) is 23.1 Å². The van der Waals surface area contributed by atoms with Crippen LogP contribution in [0.4, 0.5) is 0 Å². The van der Waals surface area contributed by atoms with Crippen molar-refractivity contribution in [1.82, 2.24) is 4.90 Å². The summed E-state index contributed by atoms with van der Waals surface area (Å²) in [5.41, 5.74) is -0.271. The van der Waals surface area contributed by atoms with Gasteiger partial charge in [0.2, 0.25) is 0 Å². The van der Waals surface area contributed by atoms with Crippen molar-refractivity contribution in [2.45, 2.75) is 19.3 Å². The van der Waals surface area contributed by atoms with E-state index >= 15 is 0 Å². The van der Waals surface area contributed by atoms with E-state index < -0.39 is 0 Å². The van der Waals surface area contributed by atoms with E-state index in [-0.39, 0.29) is 23.7 Å². The minimum absolute atomic E-state index is 0.0598. The van der Waals surface area contributed by atoms with Crippen molar-refractivity contribution in [3.8, 4) is 5.95 Å². The maximum absolute atomic E-state index is 12.4. The summed E-state index contributed by atoms with van der Waals surface area (Å²) in [6.45, 7) is 5.01. The molecule has 20 heavy (non-hydrogen) atoms. The van der Waals surface area contributed by atoms with Crippen LogP contribution in [0.1, 0.15) is 29.8 Å². The molecule has 1 amide bonds. The number of hydrogen-bond donors (Lipinski definition) is 1. The van der Waals surface area contributed by atoms with Crippen molar-refractivity contribution in [1.29, 1.82) is 0 Å². The van der Waals surface area contributed by atoms with Crippen LogP contribution >= 0.6 is 0 Å². The number of ether oxygens (including phenoxy) is 1. The third kappa shape index (κ3) is 2.88. The van der Waals surface area contributed by atoms with E-state index in [0.717, 1.165) is 12.8 Å². The topological polar surface area (TPSA) is 62.9 Å². The first kappa shape index (κ1) is 14.7. The minimum Gasteiger partial charge on any atom is -0.468 e. The predicted octanol–water partition coefficient (Wildman–Crippen LogP) is 2.08. The number of methoxy groups -OCH3 is 1. The van der Waals surface area contributed by atoms with Gasteiger partial charge in [-0.05, 0) is 25.3 Å². The number of hydrogen-bond acceptors (Lipinski definition) is 4. The smallest absolute Gasteiger partial charge is 0.289 e. The van der Waals surface area contributed by atoms with Crippen LogP contribution in [-0.2, 0) is 0 Å². The number of piperidine rings is 1. The number of nitrogens with zero attached hydrogens (tertiary/aromatic N) is 1. The van der Waals surface area contributed by atoms with Crippen LogP contribution in [0.25, 0.3) is 0 Å². The number of furan rings is 1. The summed E-state index contributed by atoms with van der Waals surface area (Å²) in [6.07, 6.45) is 4.29. The van der Waals surface area contributed by atoms with Gasteiger partial charge in [0.25, 0.3) is 11.9 Å². The fraction of sp³-hybridized carbons (Fsp3) is 0.533. The third-order valence-electron chi connectivity index (χ3n) is 3.85. The highest BCUT2D eigenvalue weighted by Gasteiger charge is 2.36. The zero-order valence-electron chi connectivity index (χ0n) is 11.8. The molecule has 110 valence electrons. The second-order valence-electron chi connectivity index (χ2n) is 5.30. The quantitative estimate of drug-likeness (QED) is 0.838. The van der Waals surface area contributed by atoms with Crippen LogP contribution in [-0.4, -0.2) is 42.7 Å². The Balaban J connectivity index is 2.11. The lowest BCUT2D eigenvalue weighted by molar-refractivity contribution is 0.0263. The van der Waals surface area contributed by atoms with E-state index in [0.29, 0.717) is 25.5 Å². The molecule has 5 nitrogen and oxygen atoms in total. The SMILES string of the molecule is C=CC[C@]1(CO)CCCN(C(=O)c2ccc(OC)o2)C1. The van der Waals surface area contributed by atoms with Crippen LogP contribution in [0.2, 0.25) is 0 Å². The van der Waals surface area contributed by atoms with E-state index in [9.17, 15) is 9.90 Å². The molecular weight excluding hydrogens is 258 g/mol. The molecule has 1 aromatic rings. The van der Waals surface area contributed by atoms with Crippen LogP contribution in [0.3, 0.4) is 0 Å². The van der Waals surface area contributed by atoms with Crippen LogP contribution in [0, 0.1) is 5.41 Å². The molecule has 1 atom stereocenters. The Bertz CT molecular complexity index is 482. The normalized spacial score (nSPS) is 22.6. The molecule has 0 spiro atoms. The molecule has 1 N–H and O–H groups in total. The molecule has 0 unspecified atom stereocenters. The molecule has 0 aliphatic carbocycles. The Hall–Kier alpha value is -1.75. The highest BCUT2D eigenvalue weighted by Crippen LogP contribution is 2.34. The number of likely N-dealkylation sites (tertiary alicyclic amines) is 1. The zero-order chi connectivity index (χ0) is 14.6. The first-order valence-corrected chi connectivity index (χ1v) is 6.79. The first-order valence-electron chi connectivity index (χ1n) is 6.79. The summed E-state index contributed by atoms with van der Waals surface area (Å²) in [6, 6.07) is 3.24. The van der Waals surface area contributed by atoms with Gasteiger partial charge in [-0.15, -0.1) is 6.58 Å². The number of aliphatic hydroxyl groups is 1. The van der Waals surface area contributed by atoms with Crippen molar-refractivity contribution < 1.29 is 19.1 Å². The molecule has 5 heteroatoms. The molecule has 0 bridgehead atoms. The monoisotopic (exact) mass is 279 g/mol. The molecule has 0 aromatic carbocycles. The third-order valence-corrected chi connectivity index (χ3v) is 3.85. The van der Waals surface area contributed by atoms with Gasteiger partial charge in [0.05, 0.1) is 13.7 Å². The molecule has 2 heterocycles. The highest BCUT2D eigenvalue weighted by molar-refractivity contribution is 5.91. The van der Waals surface area contributed by atoms with Crippen LogP contribution in [0.5, 0.6) is 5.95 Å². The zero-order valence-corrected chi connectivity index (χ0v) is 11.8. The molecule has 1 aliphatic heterocycles. The Labute approximate surface area is 118 Å². The van der Waals surface area contributed by atoms with Gasteiger partial charge in [-0.25, -0.2) is 0 Å². The summed E-state index contributed by atoms with van der Waals surface area (Å²) in [5, 5.41) is 9.66. The van der Waals surface area contributed by atoms with Crippen molar-refractivity contribution in [3.05, 3.63) is 30.5 Å². The van der Waals surface area contributed by atoms with Crippen LogP contribution < -0.4 is 4.74 Å². The fourth-order valence-electron chi connectivity index (χ4n) is 2.75. The van der Waals surface area contributed by atoms with E-state index in [1.807, 2.05) is 0 Å². The molecule has 1 fully saturated rings. The standard InChI is InChI=1S/C15H21NO4/c1-3-7-15(11-17)8-4-9-16(10-15)14(18)12-5-6-13(19-2)20-12/h3,5-6,17H,1,4,7-11H2,2H3/t15-/m0/s1. The van der Waals surface area contributed by atoms with E-state index in [1.165, 1.54) is 7.11 Å². The molecule has 0 saturated carbocycles. The Morgan fingerprint density at radius 2 is 2.45 bits per heavy atom. The molecular formula is C15H21NO4. The lowest BCUT2D eigenvalue weighted by Gasteiger charge is -2.41. The number of carbonyl (C=O) groups is 1. The van der Waals surface area contributed by atoms with Crippen LogP contribution in [0.15, 0.2) is 29.2 Å². The lowest BCUT2D eigenvalue weighted by atomic mass is 9.78. The highest BCUT2D eigenvalue weighted by atomic mass is 16.6. The fourth-order valence-corrected chi connectivity index (χ4v) is 2.75. The molecule has 1 aromatic heterocycles. The summed E-state index contributed by atoms with van der Waals surface area (Å²) in [7, 11) is 1.49. The van der Waals surface area contributed by atoms with Gasteiger partial charge in [-0.3, -0.25) is 4.79 Å². The predicted molar refractivity (Wildman–Crippen MR) is 74.7 cm³/mol. The summed E-state index contributed by atoms with van der Waals surface area (Å²) in [5.74, 6) is 0.439. The van der Waals surface area contributed by atoms with Gasteiger partial charge >= 0.3 is 0 Å². The number of rotatable bonds is 5. The molecule has 1 aliphatic rings. The van der Waals surface area contributed by atoms with E-state index in [2.05, 4.69) is 6.58 Å². The number of aliphatic hydroxyl groups excluding tert-OH is 1. The second-order valence-corrected chi connectivity index (χ2v) is 5.30. The van der Waals surface area contributed by atoms with Gasteiger partial charge in [-0.1, -0.05) is 6.08 Å². The lowest BCUT2D eigenvalue weighted by Crippen LogP contribution is -2.47. The molecule has 0 radical (unpaired) electrons. The maximum atomic E-state index is 12.4. The van der Waals surface area contributed by atoms with Crippen molar-refractivity contribution in [3.63, 3.8) is 0 Å². The van der Waals surface area contributed by atoms with Gasteiger partial charge in [0.15, 0.2) is 5.76 Å². The summed E-state index contributed by atoms with van der Waals surface area (Å²) in [4.78, 5) is 14.1. The Morgan fingerprint density at radius 3 is 3.05 bits per heavy atom. The van der Waals surface area contributed by atoms with Crippen molar-refractivity contribution >= 4 is 5.91 Å². The van der Waals surface area contributed by atoms with Crippen molar-refractivity contribution in [2.24, 2.45) is 5.41 Å². The number of allylic oxidation sites excluding steroid dienone is 1.